The second-order valence-electron chi connectivity index (χ2n) is 6.14. The van der Waals surface area contributed by atoms with Crippen molar-refractivity contribution in [3.63, 3.8) is 0 Å². The number of hydrogen-bond donors (Lipinski definition) is 1. The first-order valence-corrected chi connectivity index (χ1v) is 9.68. The molecule has 134 valence electrons. The lowest BCUT2D eigenvalue weighted by atomic mass is 10.1. The first-order chi connectivity index (χ1) is 11.8. The largest absolute Gasteiger partial charge is 0.322 e. The summed E-state index contributed by atoms with van der Waals surface area (Å²) in [6.45, 7) is 5.69. The van der Waals surface area contributed by atoms with E-state index in [9.17, 15) is 13.2 Å². The zero-order valence-electron chi connectivity index (χ0n) is 15.0. The van der Waals surface area contributed by atoms with Gasteiger partial charge in [-0.2, -0.15) is 4.31 Å². The van der Waals surface area contributed by atoms with Gasteiger partial charge in [0.2, 0.25) is 10.0 Å². The number of nitrogens with one attached hydrogen (secondary N) is 1. The summed E-state index contributed by atoms with van der Waals surface area (Å²) in [5.41, 5.74) is 2.28. The zero-order chi connectivity index (χ0) is 18.6. The summed E-state index contributed by atoms with van der Waals surface area (Å²) >= 11 is 0. The number of nitrogens with zero attached hydrogens (tertiary/aromatic N) is 1. The number of sulfonamides is 1. The predicted molar refractivity (Wildman–Crippen MR) is 100 cm³/mol. The quantitative estimate of drug-likeness (QED) is 0.857. The Balaban J connectivity index is 2.13. The van der Waals surface area contributed by atoms with E-state index in [1.807, 2.05) is 26.0 Å². The summed E-state index contributed by atoms with van der Waals surface area (Å²) < 4.78 is 26.2. The minimum absolute atomic E-state index is 0.129. The van der Waals surface area contributed by atoms with Crippen LogP contribution in [0.3, 0.4) is 0 Å². The molecule has 0 aliphatic heterocycles. The van der Waals surface area contributed by atoms with Crippen molar-refractivity contribution in [2.45, 2.75) is 38.1 Å². The second-order valence-corrected chi connectivity index (χ2v) is 8.14. The van der Waals surface area contributed by atoms with Crippen molar-refractivity contribution in [3.8, 4) is 0 Å². The summed E-state index contributed by atoms with van der Waals surface area (Å²) in [4.78, 5) is 12.5. The van der Waals surface area contributed by atoms with Gasteiger partial charge in [-0.1, -0.05) is 19.1 Å². The van der Waals surface area contributed by atoms with E-state index in [4.69, 9.17) is 0 Å². The van der Waals surface area contributed by atoms with E-state index < -0.39 is 10.0 Å². The molecule has 0 unspecified atom stereocenters. The summed E-state index contributed by atoms with van der Waals surface area (Å²) in [5, 5.41) is 2.78. The van der Waals surface area contributed by atoms with Gasteiger partial charge >= 0.3 is 0 Å². The molecule has 6 heteroatoms. The van der Waals surface area contributed by atoms with Gasteiger partial charge in [0, 0.05) is 24.3 Å². The van der Waals surface area contributed by atoms with Crippen molar-refractivity contribution < 1.29 is 13.2 Å². The maximum absolute atomic E-state index is 12.4. The molecule has 0 bridgehead atoms. The highest BCUT2D eigenvalue weighted by Gasteiger charge is 2.22. The minimum Gasteiger partial charge on any atom is -0.322 e. The molecule has 2 aromatic rings. The SMILES string of the molecule is CCc1ccc(C(=O)Nc2ccc(S(=O)(=O)N(C)C(C)C)cc2)cc1. The third kappa shape index (κ3) is 4.46. The number of hydrogen-bond acceptors (Lipinski definition) is 3. The van der Waals surface area contributed by atoms with Crippen molar-refractivity contribution in [1.29, 1.82) is 0 Å². The fraction of sp³-hybridized carbons (Fsp3) is 0.316. The monoisotopic (exact) mass is 360 g/mol. The Morgan fingerprint density at radius 3 is 2.08 bits per heavy atom. The van der Waals surface area contributed by atoms with E-state index in [2.05, 4.69) is 12.2 Å². The van der Waals surface area contributed by atoms with Crippen LogP contribution in [0.5, 0.6) is 0 Å². The van der Waals surface area contributed by atoms with E-state index in [1.54, 1.807) is 31.3 Å². The molecule has 0 saturated heterocycles. The molecule has 5 nitrogen and oxygen atoms in total. The zero-order valence-corrected chi connectivity index (χ0v) is 15.8. The lowest BCUT2D eigenvalue weighted by Crippen LogP contribution is -2.33. The Morgan fingerprint density at radius 2 is 1.60 bits per heavy atom. The molecule has 0 aliphatic rings. The van der Waals surface area contributed by atoms with Gasteiger partial charge in [0.15, 0.2) is 0 Å². The lowest BCUT2D eigenvalue weighted by Gasteiger charge is -2.21. The van der Waals surface area contributed by atoms with Crippen LogP contribution in [-0.4, -0.2) is 31.7 Å². The van der Waals surface area contributed by atoms with E-state index in [0.717, 1.165) is 6.42 Å². The number of carbonyl (C=O) groups is 1. The van der Waals surface area contributed by atoms with E-state index >= 15 is 0 Å². The second kappa shape index (κ2) is 7.80. The van der Waals surface area contributed by atoms with Crippen molar-refractivity contribution in [1.82, 2.24) is 4.31 Å². The third-order valence-corrected chi connectivity index (χ3v) is 6.19. The highest BCUT2D eigenvalue weighted by atomic mass is 32.2. The third-order valence-electron chi connectivity index (χ3n) is 4.14. The Bertz CT molecular complexity index is 826. The number of amides is 1. The van der Waals surface area contributed by atoms with Gasteiger partial charge in [0.1, 0.15) is 0 Å². The van der Waals surface area contributed by atoms with E-state index in [1.165, 1.54) is 22.0 Å². The average molecular weight is 360 g/mol. The van der Waals surface area contributed by atoms with Gasteiger partial charge < -0.3 is 5.32 Å². The summed E-state index contributed by atoms with van der Waals surface area (Å²) in [7, 11) is -1.97. The Kier molecular flexibility index (Phi) is 5.98. The number of benzene rings is 2. The predicted octanol–water partition coefficient (Wildman–Crippen LogP) is 3.53. The first kappa shape index (κ1) is 19.1. The van der Waals surface area contributed by atoms with Crippen molar-refractivity contribution in [3.05, 3.63) is 59.7 Å². The van der Waals surface area contributed by atoms with Crippen LogP contribution in [0.4, 0.5) is 5.69 Å². The molecule has 2 rings (SSSR count). The topological polar surface area (TPSA) is 66.5 Å². The maximum Gasteiger partial charge on any atom is 0.255 e. The van der Waals surface area contributed by atoms with Crippen LogP contribution in [0.1, 0.15) is 36.7 Å². The van der Waals surface area contributed by atoms with Crippen LogP contribution >= 0.6 is 0 Å². The normalized spacial score (nSPS) is 11.8. The van der Waals surface area contributed by atoms with Crippen LogP contribution in [0.2, 0.25) is 0 Å². The number of carbonyl (C=O) groups excluding carboxylic acids is 1. The van der Waals surface area contributed by atoms with Gasteiger partial charge in [-0.3, -0.25) is 4.79 Å². The fourth-order valence-electron chi connectivity index (χ4n) is 2.25. The molecule has 0 radical (unpaired) electrons. The molecule has 0 atom stereocenters. The summed E-state index contributed by atoms with van der Waals surface area (Å²) in [6, 6.07) is 13.5. The Labute approximate surface area is 149 Å². The van der Waals surface area contributed by atoms with Crippen LogP contribution in [-0.2, 0) is 16.4 Å². The van der Waals surface area contributed by atoms with Crippen LogP contribution < -0.4 is 5.32 Å². The lowest BCUT2D eigenvalue weighted by molar-refractivity contribution is 0.102. The summed E-state index contributed by atoms with van der Waals surface area (Å²) in [6.07, 6.45) is 0.919. The maximum atomic E-state index is 12.4. The van der Waals surface area contributed by atoms with Gasteiger partial charge in [0.05, 0.1) is 4.90 Å². The molecule has 1 N–H and O–H groups in total. The molecule has 1 amide bonds. The Morgan fingerprint density at radius 1 is 1.04 bits per heavy atom. The molecule has 0 aliphatic carbocycles. The molecule has 0 saturated carbocycles. The molecule has 2 aromatic carbocycles. The van der Waals surface area contributed by atoms with Crippen molar-refractivity contribution in [2.24, 2.45) is 0 Å². The van der Waals surface area contributed by atoms with Crippen molar-refractivity contribution in [2.75, 3.05) is 12.4 Å². The van der Waals surface area contributed by atoms with E-state index in [0.29, 0.717) is 11.3 Å². The smallest absolute Gasteiger partial charge is 0.255 e. The van der Waals surface area contributed by atoms with Crippen LogP contribution in [0.25, 0.3) is 0 Å². The number of anilines is 1. The first-order valence-electron chi connectivity index (χ1n) is 8.24. The number of aryl methyl sites for hydroxylation is 1. The van der Waals surface area contributed by atoms with Gasteiger partial charge in [-0.05, 0) is 62.2 Å². The van der Waals surface area contributed by atoms with Gasteiger partial charge in [0.25, 0.3) is 5.91 Å². The molecular weight excluding hydrogens is 336 g/mol. The van der Waals surface area contributed by atoms with Crippen molar-refractivity contribution >= 4 is 21.6 Å². The highest BCUT2D eigenvalue weighted by molar-refractivity contribution is 7.89. The number of rotatable bonds is 6. The molecule has 0 aromatic heterocycles. The minimum atomic E-state index is -3.52. The van der Waals surface area contributed by atoms with Gasteiger partial charge in [-0.15, -0.1) is 0 Å². The Hall–Kier alpha value is -2.18. The highest BCUT2D eigenvalue weighted by Crippen LogP contribution is 2.19. The molecule has 0 fully saturated rings. The molecule has 25 heavy (non-hydrogen) atoms. The van der Waals surface area contributed by atoms with Crippen LogP contribution in [0.15, 0.2) is 53.4 Å². The fourth-order valence-corrected chi connectivity index (χ4v) is 3.62. The van der Waals surface area contributed by atoms with E-state index in [-0.39, 0.29) is 16.8 Å². The summed E-state index contributed by atoms with van der Waals surface area (Å²) in [5.74, 6) is -0.224. The molecular formula is C19H24N2O3S. The molecule has 0 spiro atoms. The average Bonchev–Trinajstić information content (AvgIpc) is 2.61. The molecule has 0 heterocycles. The van der Waals surface area contributed by atoms with Crippen LogP contribution in [0, 0.1) is 0 Å². The van der Waals surface area contributed by atoms with Gasteiger partial charge in [-0.25, -0.2) is 8.42 Å². The standard InChI is InChI=1S/C19H24N2O3S/c1-5-15-6-8-16(9-7-15)19(22)20-17-10-12-18(13-11-17)25(23,24)21(4)14(2)3/h6-14H,5H2,1-4H3,(H,20,22).